The molecule has 0 unspecified atom stereocenters. The Kier molecular flexibility index (Phi) is 2.78. The van der Waals surface area contributed by atoms with Crippen molar-refractivity contribution in [2.75, 3.05) is 0 Å². The molecule has 0 N–H and O–H groups in total. The summed E-state index contributed by atoms with van der Waals surface area (Å²) in [5, 5.41) is 0.366. The fraction of sp³-hybridized carbons (Fsp3) is 0.647. The summed E-state index contributed by atoms with van der Waals surface area (Å²) < 4.78 is 26.1. The number of hydrogen-bond acceptors (Lipinski definition) is 2. The van der Waals surface area contributed by atoms with Crippen LogP contribution in [0.1, 0.15) is 52.5 Å². The molecular weight excluding hydrogens is 301 g/mol. The molecule has 4 fully saturated rings. The first-order valence-electron chi connectivity index (χ1n) is 7.91. The van der Waals surface area contributed by atoms with Gasteiger partial charge in [0.25, 0.3) is 0 Å². The Bertz CT molecular complexity index is 622. The summed E-state index contributed by atoms with van der Waals surface area (Å²) in [4.78, 5) is 0. The molecule has 0 amide bonds. The summed E-state index contributed by atoms with van der Waals surface area (Å²) in [6.07, 6.45) is 2.92. The van der Waals surface area contributed by atoms with Gasteiger partial charge in [0, 0.05) is 5.31 Å². The molecule has 1 heterocycles. The lowest BCUT2D eigenvalue weighted by Crippen LogP contribution is -2.66. The highest BCUT2D eigenvalue weighted by Crippen LogP contribution is 2.81. The van der Waals surface area contributed by atoms with Gasteiger partial charge in [-0.1, -0.05) is 23.7 Å². The molecule has 5 heteroatoms. The van der Waals surface area contributed by atoms with Gasteiger partial charge in [0.05, 0.1) is 16.2 Å². The lowest BCUT2D eigenvalue weighted by atomic mass is 9.23. The predicted molar refractivity (Wildman–Crippen MR) is 85.7 cm³/mol. The Morgan fingerprint density at radius 3 is 2.14 bits per heavy atom. The van der Waals surface area contributed by atoms with Gasteiger partial charge in [0.15, 0.2) is 0 Å². The predicted octanol–water partition coefficient (Wildman–Crippen LogP) is 4.75. The largest absolute Gasteiger partial charge is 0.464 e. The fourth-order valence-corrected chi connectivity index (χ4v) is 4.73. The van der Waals surface area contributed by atoms with Gasteiger partial charge in [-0.05, 0) is 64.0 Å². The first kappa shape index (κ1) is 15.0. The van der Waals surface area contributed by atoms with E-state index in [4.69, 9.17) is 20.9 Å². The summed E-state index contributed by atoms with van der Waals surface area (Å²) in [6, 6.07) is 5.12. The van der Waals surface area contributed by atoms with Crippen LogP contribution in [0.25, 0.3) is 0 Å². The molecule has 4 aliphatic rings. The summed E-state index contributed by atoms with van der Waals surface area (Å²) in [6.45, 7) is 8.32. The van der Waals surface area contributed by atoms with Gasteiger partial charge < -0.3 is 9.31 Å². The van der Waals surface area contributed by atoms with Crippen molar-refractivity contribution in [3.8, 4) is 0 Å². The van der Waals surface area contributed by atoms with E-state index in [-0.39, 0.29) is 39.9 Å². The molecule has 5 rings (SSSR count). The number of hydrogen-bond donors (Lipinski definition) is 0. The van der Waals surface area contributed by atoms with Crippen LogP contribution in [0.15, 0.2) is 18.2 Å². The van der Waals surface area contributed by atoms with Crippen LogP contribution < -0.4 is 0 Å². The first-order chi connectivity index (χ1) is 10.1. The minimum atomic E-state index is -0.325. The van der Waals surface area contributed by atoms with Crippen molar-refractivity contribution in [3.63, 3.8) is 0 Å². The Hall–Kier alpha value is -0.575. The van der Waals surface area contributed by atoms with E-state index in [0.29, 0.717) is 0 Å². The van der Waals surface area contributed by atoms with Crippen molar-refractivity contribution in [2.24, 2.45) is 0 Å². The Labute approximate surface area is 136 Å². The van der Waals surface area contributed by atoms with Gasteiger partial charge in [0.1, 0.15) is 5.82 Å². The lowest BCUT2D eigenvalue weighted by molar-refractivity contribution is -0.0384. The van der Waals surface area contributed by atoms with E-state index in [1.54, 1.807) is 6.07 Å². The average Bonchev–Trinajstić information content (AvgIpc) is 2.50. The second-order valence-electron chi connectivity index (χ2n) is 8.36. The van der Waals surface area contributed by atoms with Crippen LogP contribution in [0, 0.1) is 5.82 Å². The fourth-order valence-electron chi connectivity index (χ4n) is 4.41. The Morgan fingerprint density at radius 2 is 1.59 bits per heavy atom. The van der Waals surface area contributed by atoms with Gasteiger partial charge in [-0.2, -0.15) is 0 Å². The number of rotatable bonds is 2. The lowest BCUT2D eigenvalue weighted by Gasteiger charge is -2.71. The van der Waals surface area contributed by atoms with E-state index < -0.39 is 0 Å². The van der Waals surface area contributed by atoms with Crippen molar-refractivity contribution in [1.82, 2.24) is 0 Å². The van der Waals surface area contributed by atoms with E-state index in [9.17, 15) is 4.39 Å². The average molecular weight is 323 g/mol. The standard InChI is InChI=1S/C17H21BClFO2/c1-14(2)15(3,4)22-18(21-14)17-8-16(9-17,10-17)11-6-5-7-12(20)13(11)19/h5-7H,8-10H2,1-4H3. The van der Waals surface area contributed by atoms with E-state index in [2.05, 4.69) is 27.7 Å². The minimum Gasteiger partial charge on any atom is -0.403 e. The maximum atomic E-state index is 13.7. The molecule has 2 bridgehead atoms. The third kappa shape index (κ3) is 1.69. The second kappa shape index (κ2) is 4.09. The van der Waals surface area contributed by atoms with Gasteiger partial charge >= 0.3 is 7.12 Å². The molecule has 1 aromatic carbocycles. The molecule has 0 atom stereocenters. The van der Waals surface area contributed by atoms with Gasteiger partial charge in [-0.15, -0.1) is 0 Å². The Balaban J connectivity index is 1.54. The molecule has 2 nitrogen and oxygen atoms in total. The third-order valence-corrected chi connectivity index (χ3v) is 6.73. The monoisotopic (exact) mass is 322 g/mol. The zero-order valence-corrected chi connectivity index (χ0v) is 14.3. The molecule has 3 saturated carbocycles. The van der Waals surface area contributed by atoms with E-state index >= 15 is 0 Å². The summed E-state index contributed by atoms with van der Waals surface area (Å²) in [5.74, 6) is -0.325. The highest BCUT2D eigenvalue weighted by atomic mass is 35.5. The van der Waals surface area contributed by atoms with Crippen molar-refractivity contribution in [2.45, 2.75) is 68.9 Å². The molecule has 118 valence electrons. The Morgan fingerprint density at radius 1 is 1.05 bits per heavy atom. The molecule has 0 spiro atoms. The van der Waals surface area contributed by atoms with Crippen molar-refractivity contribution in [3.05, 3.63) is 34.6 Å². The van der Waals surface area contributed by atoms with Gasteiger partial charge in [-0.25, -0.2) is 4.39 Å². The van der Waals surface area contributed by atoms with E-state index in [1.165, 1.54) is 6.07 Å². The zero-order valence-electron chi connectivity index (χ0n) is 13.5. The summed E-state index contributed by atoms with van der Waals surface area (Å²) >= 11 is 6.17. The van der Waals surface area contributed by atoms with Crippen molar-refractivity contribution >= 4 is 18.7 Å². The van der Waals surface area contributed by atoms with Crippen LogP contribution in [0.3, 0.4) is 0 Å². The molecular formula is C17H21BClFO2. The number of halogens is 2. The van der Waals surface area contributed by atoms with Crippen LogP contribution in [0.5, 0.6) is 0 Å². The first-order valence-corrected chi connectivity index (χ1v) is 8.29. The highest BCUT2D eigenvalue weighted by Gasteiger charge is 2.77. The van der Waals surface area contributed by atoms with Crippen LogP contribution in [-0.4, -0.2) is 18.3 Å². The summed E-state index contributed by atoms with van der Waals surface area (Å²) in [7, 11) is -0.160. The molecule has 1 aromatic rings. The summed E-state index contributed by atoms with van der Waals surface area (Å²) in [5.41, 5.74) is 0.392. The highest BCUT2D eigenvalue weighted by molar-refractivity contribution is 6.51. The maximum absolute atomic E-state index is 13.7. The molecule has 0 radical (unpaired) electrons. The molecule has 22 heavy (non-hydrogen) atoms. The maximum Gasteiger partial charge on any atom is 0.464 e. The molecule has 3 aliphatic carbocycles. The topological polar surface area (TPSA) is 18.5 Å². The molecule has 1 aliphatic heterocycles. The van der Waals surface area contributed by atoms with Gasteiger partial charge in [0.2, 0.25) is 0 Å². The molecule has 0 aromatic heterocycles. The van der Waals surface area contributed by atoms with E-state index in [0.717, 1.165) is 24.8 Å². The van der Waals surface area contributed by atoms with Crippen LogP contribution in [0.2, 0.25) is 10.3 Å². The van der Waals surface area contributed by atoms with Crippen LogP contribution >= 0.6 is 11.6 Å². The smallest absolute Gasteiger partial charge is 0.403 e. The van der Waals surface area contributed by atoms with Crippen LogP contribution in [0.4, 0.5) is 4.39 Å². The number of benzene rings is 1. The normalized spacial score (nSPS) is 37.6. The quantitative estimate of drug-likeness (QED) is 0.732. The van der Waals surface area contributed by atoms with E-state index in [1.807, 2.05) is 6.07 Å². The van der Waals surface area contributed by atoms with Crippen LogP contribution in [-0.2, 0) is 14.7 Å². The molecule has 1 saturated heterocycles. The minimum absolute atomic E-state index is 0.0305. The van der Waals surface area contributed by atoms with Crippen molar-refractivity contribution in [1.29, 1.82) is 0 Å². The van der Waals surface area contributed by atoms with Gasteiger partial charge in [-0.3, -0.25) is 0 Å². The third-order valence-electron chi connectivity index (χ3n) is 6.35. The zero-order chi connectivity index (χ0) is 16.0. The second-order valence-corrected chi connectivity index (χ2v) is 8.74. The van der Waals surface area contributed by atoms with Crippen molar-refractivity contribution < 1.29 is 13.7 Å². The SMILES string of the molecule is CC1(C)OB(C23CC(c4cccc(F)c4Cl)(C2)C3)OC1(C)C.